The minimum atomic E-state index is -4.29. The lowest BCUT2D eigenvalue weighted by atomic mass is 10.3. The summed E-state index contributed by atoms with van der Waals surface area (Å²) >= 11 is 0. The summed E-state index contributed by atoms with van der Waals surface area (Å²) in [4.78, 5) is 10.8. The fourth-order valence-corrected chi connectivity index (χ4v) is 2.49. The number of benzene rings is 1. The maximum Gasteiger partial charge on any atom is 0.305 e. The largest absolute Gasteiger partial charge is 0.469 e. The van der Waals surface area contributed by atoms with Crippen LogP contribution in [0.5, 0.6) is 0 Å². The predicted molar refractivity (Wildman–Crippen MR) is 64.9 cm³/mol. The summed E-state index contributed by atoms with van der Waals surface area (Å²) in [6, 6.07) is -0.0419. The van der Waals surface area contributed by atoms with Gasteiger partial charge in [-0.05, 0) is 6.42 Å². The molecule has 0 unspecified atom stereocenters. The van der Waals surface area contributed by atoms with Crippen LogP contribution in [0.25, 0.3) is 0 Å². The Hall–Kier alpha value is -1.84. The second kappa shape index (κ2) is 6.74. The second-order valence-electron chi connectivity index (χ2n) is 3.94. The van der Waals surface area contributed by atoms with Crippen molar-refractivity contribution in [2.45, 2.75) is 12.8 Å². The molecule has 118 valence electrons. The molecule has 0 bridgehead atoms. The number of carbonyl (C=O) groups excluding carboxylic acids is 1. The lowest BCUT2D eigenvalue weighted by Crippen LogP contribution is -2.20. The molecule has 0 heterocycles. The molecule has 0 aliphatic heterocycles. The first-order valence-electron chi connectivity index (χ1n) is 5.58. The fraction of sp³-hybridized carbons (Fsp3) is 0.364. The van der Waals surface area contributed by atoms with E-state index in [1.807, 2.05) is 0 Å². The van der Waals surface area contributed by atoms with E-state index < -0.39 is 50.7 Å². The molecule has 21 heavy (non-hydrogen) atoms. The maximum atomic E-state index is 13.3. The van der Waals surface area contributed by atoms with Gasteiger partial charge in [-0.2, -0.15) is 0 Å². The average molecular weight is 329 g/mol. The van der Waals surface area contributed by atoms with Crippen LogP contribution < -0.4 is 4.72 Å². The second-order valence-corrected chi connectivity index (χ2v) is 5.79. The lowest BCUT2D eigenvalue weighted by molar-refractivity contribution is -0.140. The first-order valence-corrected chi connectivity index (χ1v) is 7.23. The minimum absolute atomic E-state index is 0.0419. The van der Waals surface area contributed by atoms with Crippen molar-refractivity contribution in [1.29, 1.82) is 0 Å². The highest BCUT2D eigenvalue weighted by Gasteiger charge is 2.23. The summed E-state index contributed by atoms with van der Waals surface area (Å²) in [5, 5.41) is 0. The Bertz CT molecular complexity index is 622. The van der Waals surface area contributed by atoms with E-state index in [9.17, 15) is 30.8 Å². The molecule has 0 radical (unpaired) electrons. The van der Waals surface area contributed by atoms with Crippen LogP contribution in [0.1, 0.15) is 12.8 Å². The Labute approximate surface area is 118 Å². The van der Waals surface area contributed by atoms with E-state index in [1.165, 1.54) is 4.72 Å². The van der Waals surface area contributed by atoms with Crippen molar-refractivity contribution in [2.75, 3.05) is 17.6 Å². The number of halogens is 4. The molecule has 0 fully saturated rings. The number of sulfonamides is 1. The molecule has 0 saturated heterocycles. The molecule has 1 rings (SSSR count). The highest BCUT2D eigenvalue weighted by molar-refractivity contribution is 7.92. The van der Waals surface area contributed by atoms with Crippen LogP contribution >= 0.6 is 0 Å². The Balaban J connectivity index is 2.88. The zero-order valence-corrected chi connectivity index (χ0v) is 11.6. The Morgan fingerprint density at radius 2 is 1.71 bits per heavy atom. The molecular weight excluding hydrogens is 318 g/mol. The van der Waals surface area contributed by atoms with E-state index in [0.717, 1.165) is 7.11 Å². The zero-order chi connectivity index (χ0) is 16.2. The number of carbonyl (C=O) groups is 1. The molecule has 5 nitrogen and oxygen atoms in total. The molecule has 1 aromatic rings. The van der Waals surface area contributed by atoms with E-state index >= 15 is 0 Å². The van der Waals surface area contributed by atoms with Gasteiger partial charge in [-0.3, -0.25) is 9.52 Å². The summed E-state index contributed by atoms with van der Waals surface area (Å²) in [5.41, 5.74) is -1.44. The number of anilines is 1. The van der Waals surface area contributed by atoms with Crippen molar-refractivity contribution < 1.29 is 35.5 Å². The topological polar surface area (TPSA) is 72.5 Å². The average Bonchev–Trinajstić information content (AvgIpc) is 2.41. The summed E-state index contributed by atoms with van der Waals surface area (Å²) in [6.07, 6.45) is -0.428. The van der Waals surface area contributed by atoms with Crippen LogP contribution in [0.4, 0.5) is 23.2 Å². The van der Waals surface area contributed by atoms with E-state index in [0.29, 0.717) is 0 Å². The predicted octanol–water partition coefficient (Wildman–Crippen LogP) is 1.94. The van der Waals surface area contributed by atoms with Gasteiger partial charge in [0.15, 0.2) is 23.3 Å². The third-order valence-corrected chi connectivity index (χ3v) is 3.73. The zero-order valence-electron chi connectivity index (χ0n) is 10.8. The number of hydrogen-bond donors (Lipinski definition) is 1. The highest BCUT2D eigenvalue weighted by atomic mass is 32.2. The molecule has 0 saturated carbocycles. The molecule has 0 aromatic heterocycles. The third-order valence-electron chi connectivity index (χ3n) is 2.39. The molecule has 0 aliphatic carbocycles. The Morgan fingerprint density at radius 1 is 1.19 bits per heavy atom. The third kappa shape index (κ3) is 4.59. The van der Waals surface area contributed by atoms with Crippen LogP contribution in [0, 0.1) is 23.3 Å². The Morgan fingerprint density at radius 3 is 2.19 bits per heavy atom. The van der Waals surface area contributed by atoms with E-state index in [4.69, 9.17) is 0 Å². The SMILES string of the molecule is COC(=O)CCCS(=O)(=O)Nc1c(F)c(F)cc(F)c1F. The number of hydrogen-bond acceptors (Lipinski definition) is 4. The normalized spacial score (nSPS) is 11.3. The van der Waals surface area contributed by atoms with E-state index in [2.05, 4.69) is 4.74 Å². The smallest absolute Gasteiger partial charge is 0.305 e. The van der Waals surface area contributed by atoms with Gasteiger partial charge in [0.2, 0.25) is 10.0 Å². The van der Waals surface area contributed by atoms with Crippen LogP contribution in [0.2, 0.25) is 0 Å². The van der Waals surface area contributed by atoms with Gasteiger partial charge in [-0.25, -0.2) is 26.0 Å². The number of methoxy groups -OCH3 is 1. The molecule has 1 aromatic carbocycles. The fourth-order valence-electron chi connectivity index (χ4n) is 1.38. The molecule has 0 spiro atoms. The highest BCUT2D eigenvalue weighted by Crippen LogP contribution is 2.25. The number of esters is 1. The van der Waals surface area contributed by atoms with Gasteiger partial charge in [0, 0.05) is 12.5 Å². The van der Waals surface area contributed by atoms with Gasteiger partial charge in [0.25, 0.3) is 0 Å². The maximum absolute atomic E-state index is 13.3. The summed E-state index contributed by atoms with van der Waals surface area (Å²) in [6.45, 7) is 0. The summed E-state index contributed by atoms with van der Waals surface area (Å²) in [5.74, 6) is -8.53. The van der Waals surface area contributed by atoms with Crippen molar-refractivity contribution in [2.24, 2.45) is 0 Å². The molecule has 0 amide bonds. The first-order chi connectivity index (χ1) is 9.68. The lowest BCUT2D eigenvalue weighted by Gasteiger charge is -2.10. The van der Waals surface area contributed by atoms with Gasteiger partial charge in [0.1, 0.15) is 5.69 Å². The minimum Gasteiger partial charge on any atom is -0.469 e. The van der Waals surface area contributed by atoms with Crippen LogP contribution in [0.15, 0.2) is 6.07 Å². The standard InChI is InChI=1S/C11H11F4NO4S/c1-20-8(17)3-2-4-21(18,19)16-11-9(14)6(12)5-7(13)10(11)15/h5,16H,2-4H2,1H3. The first kappa shape index (κ1) is 17.2. The molecule has 0 atom stereocenters. The van der Waals surface area contributed by atoms with Crippen LogP contribution in [-0.4, -0.2) is 27.2 Å². The molecule has 0 aliphatic rings. The van der Waals surface area contributed by atoms with E-state index in [1.54, 1.807) is 0 Å². The number of ether oxygens (including phenoxy) is 1. The van der Waals surface area contributed by atoms with Crippen molar-refractivity contribution in [3.63, 3.8) is 0 Å². The van der Waals surface area contributed by atoms with Gasteiger partial charge >= 0.3 is 5.97 Å². The summed E-state index contributed by atoms with van der Waals surface area (Å²) in [7, 11) is -3.18. The molecular formula is C11H11F4NO4S. The Kier molecular flexibility index (Phi) is 5.53. The van der Waals surface area contributed by atoms with Crippen molar-refractivity contribution >= 4 is 21.7 Å². The van der Waals surface area contributed by atoms with Gasteiger partial charge < -0.3 is 4.74 Å². The number of nitrogens with one attached hydrogen (secondary N) is 1. The monoisotopic (exact) mass is 329 g/mol. The van der Waals surface area contributed by atoms with Gasteiger partial charge in [-0.15, -0.1) is 0 Å². The van der Waals surface area contributed by atoms with Crippen molar-refractivity contribution in [3.05, 3.63) is 29.3 Å². The van der Waals surface area contributed by atoms with Gasteiger partial charge in [-0.1, -0.05) is 0 Å². The van der Waals surface area contributed by atoms with Crippen LogP contribution in [-0.2, 0) is 19.6 Å². The quantitative estimate of drug-likeness (QED) is 0.492. The van der Waals surface area contributed by atoms with Crippen molar-refractivity contribution in [3.8, 4) is 0 Å². The van der Waals surface area contributed by atoms with Crippen molar-refractivity contribution in [1.82, 2.24) is 0 Å². The molecule has 1 N–H and O–H groups in total. The molecule has 10 heteroatoms. The van der Waals surface area contributed by atoms with Crippen LogP contribution in [0.3, 0.4) is 0 Å². The van der Waals surface area contributed by atoms with E-state index in [-0.39, 0.29) is 18.9 Å². The number of rotatable bonds is 6. The van der Waals surface area contributed by atoms with Gasteiger partial charge in [0.05, 0.1) is 12.9 Å². The summed E-state index contributed by atoms with van der Waals surface area (Å²) < 4.78 is 81.2.